The predicted molar refractivity (Wildman–Crippen MR) is 108 cm³/mol. The second kappa shape index (κ2) is 9.39. The summed E-state index contributed by atoms with van der Waals surface area (Å²) >= 11 is 0. The Balaban J connectivity index is 0.00000225. The van der Waals surface area contributed by atoms with E-state index in [4.69, 9.17) is 9.26 Å². The van der Waals surface area contributed by atoms with Gasteiger partial charge in [0.25, 0.3) is 0 Å². The Morgan fingerprint density at radius 2 is 2.04 bits per heavy atom. The van der Waals surface area contributed by atoms with Crippen molar-refractivity contribution in [3.63, 3.8) is 0 Å². The number of carbonyl (C=O) groups excluding carboxylic acids is 1. The number of nitrogens with zero attached hydrogens (tertiary/aromatic N) is 3. The van der Waals surface area contributed by atoms with Crippen molar-refractivity contribution in [1.29, 1.82) is 0 Å². The minimum atomic E-state index is 0. The summed E-state index contributed by atoms with van der Waals surface area (Å²) in [6.45, 7) is 4.24. The van der Waals surface area contributed by atoms with Gasteiger partial charge in [-0.3, -0.25) is 4.79 Å². The molecule has 2 saturated heterocycles. The van der Waals surface area contributed by atoms with Crippen molar-refractivity contribution in [3.8, 4) is 17.1 Å². The molecule has 2 aliphatic rings. The average Bonchev–Trinajstić information content (AvgIpc) is 3.27. The molecule has 0 saturated carbocycles. The van der Waals surface area contributed by atoms with Crippen LogP contribution in [0.3, 0.4) is 0 Å². The number of fused-ring (bicyclic) bond motifs is 2. The second-order valence-electron chi connectivity index (χ2n) is 7.24. The maximum Gasteiger partial charge on any atom is 0.227 e. The number of carbonyl (C=O) groups is 1. The number of likely N-dealkylation sites (tertiary alicyclic amines) is 1. The Morgan fingerprint density at radius 3 is 2.82 bits per heavy atom. The van der Waals surface area contributed by atoms with Crippen molar-refractivity contribution >= 4 is 18.3 Å². The van der Waals surface area contributed by atoms with Gasteiger partial charge in [-0.25, -0.2) is 0 Å². The molecule has 3 heterocycles. The highest BCUT2D eigenvalue weighted by Gasteiger charge is 2.31. The largest absolute Gasteiger partial charge is 0.494 e. The lowest BCUT2D eigenvalue weighted by Crippen LogP contribution is -2.39. The molecule has 8 heteroatoms. The molecule has 4 rings (SSSR count). The van der Waals surface area contributed by atoms with Gasteiger partial charge in [0.1, 0.15) is 5.75 Å². The Kier molecular flexibility index (Phi) is 6.91. The van der Waals surface area contributed by atoms with Gasteiger partial charge in [0, 0.05) is 43.6 Å². The van der Waals surface area contributed by atoms with E-state index >= 15 is 0 Å². The molecule has 2 aliphatic heterocycles. The van der Waals surface area contributed by atoms with Crippen molar-refractivity contribution in [2.75, 3.05) is 19.7 Å². The number of aromatic nitrogens is 2. The molecule has 1 amide bonds. The van der Waals surface area contributed by atoms with Crippen LogP contribution in [0.25, 0.3) is 11.4 Å². The van der Waals surface area contributed by atoms with E-state index < -0.39 is 0 Å². The summed E-state index contributed by atoms with van der Waals surface area (Å²) in [6.07, 6.45) is 4.33. The van der Waals surface area contributed by atoms with Gasteiger partial charge in [0.15, 0.2) is 0 Å². The zero-order valence-corrected chi connectivity index (χ0v) is 16.9. The van der Waals surface area contributed by atoms with Crippen LogP contribution < -0.4 is 10.1 Å². The third-order valence-corrected chi connectivity index (χ3v) is 5.32. The highest BCUT2D eigenvalue weighted by Crippen LogP contribution is 2.22. The minimum absolute atomic E-state index is 0. The number of halogens is 1. The number of hydrogen-bond acceptors (Lipinski definition) is 6. The Labute approximate surface area is 171 Å². The van der Waals surface area contributed by atoms with Crippen molar-refractivity contribution in [3.05, 3.63) is 30.2 Å². The average molecular weight is 407 g/mol. The van der Waals surface area contributed by atoms with Crippen LogP contribution in [0.2, 0.25) is 0 Å². The fourth-order valence-electron chi connectivity index (χ4n) is 3.88. The maximum absolute atomic E-state index is 12.6. The number of nitrogens with one attached hydrogen (secondary N) is 1. The van der Waals surface area contributed by atoms with Gasteiger partial charge in [0.2, 0.25) is 17.6 Å². The third-order valence-electron chi connectivity index (χ3n) is 5.32. The molecule has 2 aromatic rings. The molecule has 2 fully saturated rings. The molecule has 0 radical (unpaired) electrons. The maximum atomic E-state index is 12.6. The number of aryl methyl sites for hydroxylation is 1. The SMILES string of the molecule is CCOc1ccc(-c2noc(CCC(=O)N3CCC4CCC(C3)N4)n2)cc1.Cl. The van der Waals surface area contributed by atoms with Crippen LogP contribution >= 0.6 is 12.4 Å². The normalized spacial score (nSPS) is 21.1. The summed E-state index contributed by atoms with van der Waals surface area (Å²) in [7, 11) is 0. The molecule has 2 unspecified atom stereocenters. The van der Waals surface area contributed by atoms with E-state index in [0.29, 0.717) is 43.2 Å². The topological polar surface area (TPSA) is 80.5 Å². The van der Waals surface area contributed by atoms with E-state index in [0.717, 1.165) is 30.8 Å². The number of hydrogen-bond donors (Lipinski definition) is 1. The summed E-state index contributed by atoms with van der Waals surface area (Å²) in [5, 5.41) is 7.64. The monoisotopic (exact) mass is 406 g/mol. The molecule has 1 aromatic carbocycles. The van der Waals surface area contributed by atoms with Crippen LogP contribution in [0.15, 0.2) is 28.8 Å². The standard InChI is InChI=1S/C20H26N4O3.ClH/c1-2-26-17-7-3-14(4-8-17)20-22-18(27-23-20)9-10-19(25)24-12-11-15-5-6-16(13-24)21-15;/h3-4,7-8,15-16,21H,2,5-6,9-13H2,1H3;1H. The molecule has 2 bridgehead atoms. The zero-order chi connectivity index (χ0) is 18.6. The smallest absolute Gasteiger partial charge is 0.227 e. The first kappa shape index (κ1) is 20.6. The van der Waals surface area contributed by atoms with E-state index in [-0.39, 0.29) is 18.3 Å². The van der Waals surface area contributed by atoms with Gasteiger partial charge >= 0.3 is 0 Å². The Bertz CT molecular complexity index is 780. The number of rotatable bonds is 6. The van der Waals surface area contributed by atoms with Crippen LogP contribution in [0.1, 0.15) is 38.5 Å². The highest BCUT2D eigenvalue weighted by atomic mass is 35.5. The first-order valence-corrected chi connectivity index (χ1v) is 9.81. The van der Waals surface area contributed by atoms with E-state index in [2.05, 4.69) is 15.5 Å². The van der Waals surface area contributed by atoms with Crippen LogP contribution in [0.5, 0.6) is 5.75 Å². The zero-order valence-electron chi connectivity index (χ0n) is 16.1. The van der Waals surface area contributed by atoms with Crippen LogP contribution in [-0.2, 0) is 11.2 Å². The molecular formula is C20H27ClN4O3. The third kappa shape index (κ3) is 4.83. The predicted octanol–water partition coefficient (Wildman–Crippen LogP) is 2.84. The van der Waals surface area contributed by atoms with Crippen LogP contribution in [0, 0.1) is 0 Å². The van der Waals surface area contributed by atoms with E-state index in [1.165, 1.54) is 12.8 Å². The van der Waals surface area contributed by atoms with Gasteiger partial charge in [-0.2, -0.15) is 4.98 Å². The van der Waals surface area contributed by atoms with Crippen LogP contribution in [0.4, 0.5) is 0 Å². The summed E-state index contributed by atoms with van der Waals surface area (Å²) < 4.78 is 10.8. The molecule has 7 nitrogen and oxygen atoms in total. The van der Waals surface area contributed by atoms with E-state index in [1.807, 2.05) is 36.1 Å². The summed E-state index contributed by atoms with van der Waals surface area (Å²) in [5.41, 5.74) is 0.870. The first-order chi connectivity index (χ1) is 13.2. The fraction of sp³-hybridized carbons (Fsp3) is 0.550. The van der Waals surface area contributed by atoms with Crippen molar-refractivity contribution in [2.45, 2.75) is 51.1 Å². The van der Waals surface area contributed by atoms with Gasteiger partial charge in [-0.15, -0.1) is 12.4 Å². The van der Waals surface area contributed by atoms with Crippen molar-refractivity contribution in [1.82, 2.24) is 20.4 Å². The second-order valence-corrected chi connectivity index (χ2v) is 7.24. The molecule has 28 heavy (non-hydrogen) atoms. The molecular weight excluding hydrogens is 380 g/mol. The van der Waals surface area contributed by atoms with Gasteiger partial charge in [-0.05, 0) is 50.5 Å². The summed E-state index contributed by atoms with van der Waals surface area (Å²) in [4.78, 5) is 19.0. The number of benzene rings is 1. The summed E-state index contributed by atoms with van der Waals surface area (Å²) in [5.74, 6) is 2.03. The Hall–Kier alpha value is -2.12. The summed E-state index contributed by atoms with van der Waals surface area (Å²) in [6, 6.07) is 8.63. The van der Waals surface area contributed by atoms with E-state index in [1.54, 1.807) is 0 Å². The minimum Gasteiger partial charge on any atom is -0.494 e. The van der Waals surface area contributed by atoms with Crippen molar-refractivity contribution < 1.29 is 14.1 Å². The first-order valence-electron chi connectivity index (χ1n) is 9.81. The molecule has 0 aliphatic carbocycles. The molecule has 2 atom stereocenters. The lowest BCUT2D eigenvalue weighted by molar-refractivity contribution is -0.131. The lowest BCUT2D eigenvalue weighted by Gasteiger charge is -2.24. The molecule has 152 valence electrons. The molecule has 0 spiro atoms. The van der Waals surface area contributed by atoms with Gasteiger partial charge < -0.3 is 19.5 Å². The fourth-order valence-corrected chi connectivity index (χ4v) is 3.88. The van der Waals surface area contributed by atoms with E-state index in [9.17, 15) is 4.79 Å². The number of amides is 1. The van der Waals surface area contributed by atoms with Crippen molar-refractivity contribution in [2.24, 2.45) is 0 Å². The number of ether oxygens (including phenoxy) is 1. The molecule has 1 N–H and O–H groups in total. The molecule has 1 aromatic heterocycles. The quantitative estimate of drug-likeness (QED) is 0.794. The van der Waals surface area contributed by atoms with Gasteiger partial charge in [-0.1, -0.05) is 5.16 Å². The van der Waals surface area contributed by atoms with Gasteiger partial charge in [0.05, 0.1) is 6.61 Å². The lowest BCUT2D eigenvalue weighted by atomic mass is 10.1. The Morgan fingerprint density at radius 1 is 1.25 bits per heavy atom. The van der Waals surface area contributed by atoms with Crippen LogP contribution in [-0.4, -0.2) is 52.7 Å². The highest BCUT2D eigenvalue weighted by molar-refractivity contribution is 5.85.